The molecule has 1 aromatic heterocycles. The van der Waals surface area contributed by atoms with Crippen LogP contribution in [0.5, 0.6) is 0 Å². The molecule has 5 nitrogen and oxygen atoms in total. The normalized spacial score (nSPS) is 11.9. The van der Waals surface area contributed by atoms with Crippen LogP contribution in [0.15, 0.2) is 10.5 Å². The molecule has 6 heteroatoms. The van der Waals surface area contributed by atoms with Gasteiger partial charge in [0.25, 0.3) is 0 Å². The van der Waals surface area contributed by atoms with E-state index in [-0.39, 0.29) is 10.7 Å². The fraction of sp³-hybridized carbons (Fsp3) is 0.250. The Morgan fingerprint density at radius 1 is 2.00 bits per heavy atom. The minimum Gasteiger partial charge on any atom is -0.409 e. The Morgan fingerprint density at radius 3 is 3.10 bits per heavy atom. The van der Waals surface area contributed by atoms with Gasteiger partial charge >= 0.3 is 0 Å². The van der Waals surface area contributed by atoms with Crippen molar-refractivity contribution < 1.29 is 10.0 Å². The third-order valence-electron chi connectivity index (χ3n) is 0.739. The van der Waals surface area contributed by atoms with E-state index < -0.39 is 0 Å². The van der Waals surface area contributed by atoms with Crippen LogP contribution < -0.4 is 4.80 Å². The Kier molecular flexibility index (Phi) is 1.81. The lowest BCUT2D eigenvalue weighted by atomic mass is 10.8. The molecule has 0 aliphatic carbocycles. The van der Waals surface area contributed by atoms with Crippen LogP contribution in [0.25, 0.3) is 0 Å². The van der Waals surface area contributed by atoms with Crippen molar-refractivity contribution in [3.05, 3.63) is 10.3 Å². The van der Waals surface area contributed by atoms with Gasteiger partial charge in [-0.1, -0.05) is 16.2 Å². The van der Waals surface area contributed by atoms with Crippen molar-refractivity contribution in [2.75, 3.05) is 0 Å². The van der Waals surface area contributed by atoms with Gasteiger partial charge < -0.3 is 5.21 Å². The van der Waals surface area contributed by atoms with Gasteiger partial charge in [0.1, 0.15) is 5.51 Å². The van der Waals surface area contributed by atoms with Crippen molar-refractivity contribution >= 4 is 17.2 Å². The van der Waals surface area contributed by atoms with Crippen LogP contribution in [0.2, 0.25) is 0 Å². The summed E-state index contributed by atoms with van der Waals surface area (Å²) in [5.41, 5.74) is 1.39. The molecule has 10 heavy (non-hydrogen) atoms. The zero-order valence-electron chi connectivity index (χ0n) is 5.18. The lowest BCUT2D eigenvalue weighted by Crippen LogP contribution is -2.14. The molecule has 0 radical (unpaired) electrons. The number of hydrogen-bond donors (Lipinski definition) is 1. The largest absolute Gasteiger partial charge is 0.409 e. The lowest BCUT2D eigenvalue weighted by molar-refractivity contribution is -0.116. The third-order valence-corrected chi connectivity index (χ3v) is 1.40. The van der Waals surface area contributed by atoms with Crippen molar-refractivity contribution in [2.45, 2.75) is 6.92 Å². The Bertz CT molecular complexity index is 299. The van der Waals surface area contributed by atoms with E-state index in [1.807, 2.05) is 0 Å². The maximum absolute atomic E-state index is 10.4. The van der Waals surface area contributed by atoms with E-state index in [0.717, 1.165) is 11.3 Å². The zero-order chi connectivity index (χ0) is 7.56. The fourth-order valence-electron chi connectivity index (χ4n) is 0.418. The number of nitrogens with zero attached hydrogens (tertiary/aromatic N) is 3. The van der Waals surface area contributed by atoms with Crippen LogP contribution in [0, 0.1) is 0 Å². The molecule has 0 aliphatic rings. The molecular weight excluding hydrogens is 154 g/mol. The van der Waals surface area contributed by atoms with E-state index >= 15 is 0 Å². The highest BCUT2D eigenvalue weighted by molar-refractivity contribution is 7.06. The molecule has 0 spiro atoms. The second kappa shape index (κ2) is 2.61. The number of hydrogen-bond acceptors (Lipinski definition) is 4. The van der Waals surface area contributed by atoms with Crippen LogP contribution in [-0.2, 0) is 4.79 Å². The minimum absolute atomic E-state index is 0.188. The summed E-state index contributed by atoms with van der Waals surface area (Å²) in [6.45, 7) is 1.31. The van der Waals surface area contributed by atoms with Crippen molar-refractivity contribution in [1.29, 1.82) is 0 Å². The number of carbonyl (C=O) groups is 1. The van der Waals surface area contributed by atoms with Gasteiger partial charge in [-0.15, -0.1) is 5.10 Å². The highest BCUT2D eigenvalue weighted by atomic mass is 32.1. The van der Waals surface area contributed by atoms with E-state index in [4.69, 9.17) is 5.21 Å². The standard InChI is InChI=1S/C4H5N3O2S/c1-3(8)6-4-7(9)5-2-10-4/h2,9H,1H3. The van der Waals surface area contributed by atoms with Crippen LogP contribution >= 0.6 is 11.3 Å². The maximum Gasteiger partial charge on any atom is 0.249 e. The number of rotatable bonds is 0. The summed E-state index contributed by atoms with van der Waals surface area (Å²) >= 11 is 1.09. The minimum atomic E-state index is -0.355. The summed E-state index contributed by atoms with van der Waals surface area (Å²) in [5.74, 6) is -0.355. The van der Waals surface area contributed by atoms with E-state index in [0.29, 0.717) is 4.85 Å². The summed E-state index contributed by atoms with van der Waals surface area (Å²) in [5, 5.41) is 12.2. The third kappa shape index (κ3) is 1.41. The molecule has 0 unspecified atom stereocenters. The van der Waals surface area contributed by atoms with Gasteiger partial charge in [-0.05, 0) is 0 Å². The van der Waals surface area contributed by atoms with Gasteiger partial charge in [0.2, 0.25) is 10.7 Å². The molecule has 0 fully saturated rings. The molecule has 1 aromatic rings. The SMILES string of the molecule is CC(=O)N=c1scnn1O. The molecule has 0 atom stereocenters. The van der Waals surface area contributed by atoms with Gasteiger partial charge in [0.15, 0.2) is 0 Å². The molecule has 0 saturated carbocycles. The predicted molar refractivity (Wildman–Crippen MR) is 33.5 cm³/mol. The molecule has 54 valence electrons. The molecule has 0 bridgehead atoms. The van der Waals surface area contributed by atoms with Crippen LogP contribution in [0.3, 0.4) is 0 Å². The van der Waals surface area contributed by atoms with Crippen LogP contribution in [0.4, 0.5) is 0 Å². The first-order chi connectivity index (χ1) is 4.70. The number of carbonyl (C=O) groups excluding carboxylic acids is 1. The Hall–Kier alpha value is -1.17. The molecule has 1 N–H and O–H groups in total. The van der Waals surface area contributed by atoms with Crippen LogP contribution in [0.1, 0.15) is 6.92 Å². The molecule has 0 saturated heterocycles. The van der Waals surface area contributed by atoms with Gasteiger partial charge in [-0.2, -0.15) is 4.99 Å². The first kappa shape index (κ1) is 6.94. The average Bonchev–Trinajstić information content (AvgIpc) is 2.15. The van der Waals surface area contributed by atoms with Crippen molar-refractivity contribution in [3.8, 4) is 0 Å². The average molecular weight is 159 g/mol. The van der Waals surface area contributed by atoms with Crippen molar-refractivity contribution in [3.63, 3.8) is 0 Å². The molecular formula is C4H5N3O2S. The molecule has 1 heterocycles. The fourth-order valence-corrected chi connectivity index (χ4v) is 0.971. The highest BCUT2D eigenvalue weighted by Gasteiger charge is 1.92. The van der Waals surface area contributed by atoms with E-state index in [1.54, 1.807) is 0 Å². The quantitative estimate of drug-likeness (QED) is 0.525. The molecule has 1 amide bonds. The molecule has 0 aliphatic heterocycles. The smallest absolute Gasteiger partial charge is 0.249 e. The van der Waals surface area contributed by atoms with E-state index in [2.05, 4.69) is 10.1 Å². The van der Waals surface area contributed by atoms with Gasteiger partial charge in [-0.3, -0.25) is 4.79 Å². The first-order valence-electron chi connectivity index (χ1n) is 2.47. The zero-order valence-corrected chi connectivity index (χ0v) is 6.00. The Morgan fingerprint density at radius 2 is 2.70 bits per heavy atom. The summed E-state index contributed by atoms with van der Waals surface area (Å²) in [6, 6.07) is 0. The first-order valence-corrected chi connectivity index (χ1v) is 3.35. The van der Waals surface area contributed by atoms with E-state index in [1.165, 1.54) is 12.4 Å². The van der Waals surface area contributed by atoms with Crippen molar-refractivity contribution in [1.82, 2.24) is 9.94 Å². The Balaban J connectivity index is 3.15. The number of amides is 1. The van der Waals surface area contributed by atoms with Gasteiger partial charge in [0.05, 0.1) is 0 Å². The van der Waals surface area contributed by atoms with Gasteiger partial charge in [-0.25, -0.2) is 0 Å². The second-order valence-corrected chi connectivity index (χ2v) is 2.35. The summed E-state index contributed by atoms with van der Waals surface area (Å²) in [6.07, 6.45) is 0. The summed E-state index contributed by atoms with van der Waals surface area (Å²) < 4.78 is 0. The highest BCUT2D eigenvalue weighted by Crippen LogP contribution is 1.79. The number of aromatic nitrogens is 2. The van der Waals surface area contributed by atoms with Crippen LogP contribution in [-0.4, -0.2) is 21.1 Å². The predicted octanol–water partition coefficient (Wildman–Crippen LogP) is -0.371. The van der Waals surface area contributed by atoms with E-state index in [9.17, 15) is 4.79 Å². The second-order valence-electron chi connectivity index (χ2n) is 1.54. The molecule has 0 aromatic carbocycles. The topological polar surface area (TPSA) is 67.5 Å². The molecule has 1 rings (SSSR count). The summed E-state index contributed by atoms with van der Waals surface area (Å²) in [7, 11) is 0. The maximum atomic E-state index is 10.4. The summed E-state index contributed by atoms with van der Waals surface area (Å²) in [4.78, 5) is 14.5. The monoisotopic (exact) mass is 159 g/mol. The van der Waals surface area contributed by atoms with Gasteiger partial charge in [0, 0.05) is 6.92 Å². The van der Waals surface area contributed by atoms with Crippen molar-refractivity contribution in [2.24, 2.45) is 4.99 Å². The Labute approximate surface area is 60.2 Å². The lowest BCUT2D eigenvalue weighted by Gasteiger charge is -1.82.